The van der Waals surface area contributed by atoms with Crippen LogP contribution >= 0.6 is 0 Å². The first kappa shape index (κ1) is 12.4. The first-order valence-corrected chi connectivity index (χ1v) is 5.96. The van der Waals surface area contributed by atoms with E-state index in [1.807, 2.05) is 14.8 Å². The Balaban J connectivity index is 2.04. The van der Waals surface area contributed by atoms with Crippen molar-refractivity contribution in [3.8, 4) is 0 Å². The summed E-state index contributed by atoms with van der Waals surface area (Å²) in [4.78, 5) is 2.22. The second-order valence-corrected chi connectivity index (χ2v) is 4.80. The lowest BCUT2D eigenvalue weighted by atomic mass is 9.97. The van der Waals surface area contributed by atoms with Crippen LogP contribution in [0.1, 0.15) is 12.5 Å². The van der Waals surface area contributed by atoms with Crippen LogP contribution in [-0.2, 0) is 11.3 Å². The number of hydrogen-bond acceptors (Lipinski definition) is 3. The molecule has 92 valence electrons. The smallest absolute Gasteiger partial charge is 0.140 e. The van der Waals surface area contributed by atoms with Crippen LogP contribution in [0.25, 0.3) is 0 Å². The molecule has 2 N–H and O–H groups in total. The molecule has 1 aliphatic rings. The molecule has 1 heterocycles. The molecule has 2 atom stereocenters. The highest BCUT2D eigenvalue weighted by molar-refractivity contribution is 6.11. The van der Waals surface area contributed by atoms with Crippen molar-refractivity contribution >= 4 is 13.5 Å². The molecule has 17 heavy (non-hydrogen) atoms. The van der Waals surface area contributed by atoms with Gasteiger partial charge in [0.05, 0.1) is 6.10 Å². The Kier molecular flexibility index (Phi) is 3.69. The lowest BCUT2D eigenvalue weighted by molar-refractivity contribution is -0.0429. The van der Waals surface area contributed by atoms with Crippen molar-refractivity contribution < 1.29 is 9.13 Å². The monoisotopic (exact) mass is 236 g/mol. The van der Waals surface area contributed by atoms with Gasteiger partial charge in [-0.25, -0.2) is 4.39 Å². The maximum absolute atomic E-state index is 13.7. The van der Waals surface area contributed by atoms with Crippen molar-refractivity contribution in [2.45, 2.75) is 25.6 Å². The predicted octanol–water partition coefficient (Wildman–Crippen LogP) is 0.588. The van der Waals surface area contributed by atoms with Gasteiger partial charge in [-0.05, 0) is 19.1 Å². The number of hydrogen-bond donors (Lipinski definition) is 1. The quantitative estimate of drug-likeness (QED) is 0.603. The number of morpholine rings is 1. The van der Waals surface area contributed by atoms with Gasteiger partial charge in [-0.15, -0.1) is 0 Å². The van der Waals surface area contributed by atoms with Crippen molar-refractivity contribution in [1.82, 2.24) is 4.90 Å². The van der Waals surface area contributed by atoms with Gasteiger partial charge in [-0.1, -0.05) is 6.07 Å². The third kappa shape index (κ3) is 3.20. The van der Waals surface area contributed by atoms with Crippen molar-refractivity contribution in [3.63, 3.8) is 0 Å². The zero-order valence-electron chi connectivity index (χ0n) is 10.3. The van der Waals surface area contributed by atoms with Gasteiger partial charge in [0, 0.05) is 36.9 Å². The molecule has 0 saturated carbocycles. The summed E-state index contributed by atoms with van der Waals surface area (Å²) in [6.45, 7) is 4.34. The first-order chi connectivity index (χ1) is 8.04. The molecule has 2 rings (SSSR count). The van der Waals surface area contributed by atoms with Gasteiger partial charge in [-0.2, -0.15) is 0 Å². The van der Waals surface area contributed by atoms with Crippen molar-refractivity contribution in [2.24, 2.45) is 0 Å². The van der Waals surface area contributed by atoms with E-state index in [1.165, 1.54) is 6.07 Å². The molecule has 1 fully saturated rings. The van der Waals surface area contributed by atoms with Gasteiger partial charge in [0.1, 0.15) is 13.7 Å². The van der Waals surface area contributed by atoms with Gasteiger partial charge in [0.25, 0.3) is 0 Å². The Morgan fingerprint density at radius 3 is 2.94 bits per heavy atom. The molecule has 1 saturated heterocycles. The Hall–Kier alpha value is -1.07. The zero-order chi connectivity index (χ0) is 12.4. The summed E-state index contributed by atoms with van der Waals surface area (Å²) < 4.78 is 19.3. The number of nitrogens with zero attached hydrogens (tertiary/aromatic N) is 1. The highest BCUT2D eigenvalue weighted by Gasteiger charge is 2.22. The molecule has 0 spiro atoms. The van der Waals surface area contributed by atoms with Crippen molar-refractivity contribution in [3.05, 3.63) is 29.6 Å². The fraction of sp³-hybridized carbons (Fsp3) is 0.500. The van der Waals surface area contributed by atoms with Crippen LogP contribution < -0.4 is 5.73 Å². The molecule has 1 aromatic carbocycles. The van der Waals surface area contributed by atoms with E-state index in [9.17, 15) is 4.39 Å². The lowest BCUT2D eigenvalue weighted by Crippen LogP contribution is -2.46. The SMILES string of the molecule is B[C@H]1CN(Cc2ccc(N)cc2F)C[C@H](C)O1. The average molecular weight is 236 g/mol. The molecule has 3 nitrogen and oxygen atoms in total. The van der Waals surface area contributed by atoms with E-state index in [4.69, 9.17) is 10.5 Å². The first-order valence-electron chi connectivity index (χ1n) is 5.96. The largest absolute Gasteiger partial charge is 0.399 e. The molecule has 0 aromatic heterocycles. The van der Waals surface area contributed by atoms with Crippen LogP contribution in [0.3, 0.4) is 0 Å². The fourth-order valence-electron chi connectivity index (χ4n) is 2.35. The van der Waals surface area contributed by atoms with E-state index in [0.29, 0.717) is 17.8 Å². The van der Waals surface area contributed by atoms with Crippen LogP contribution in [0.15, 0.2) is 18.2 Å². The van der Waals surface area contributed by atoms with Gasteiger partial charge < -0.3 is 10.5 Å². The van der Waals surface area contributed by atoms with Crippen molar-refractivity contribution in [2.75, 3.05) is 18.8 Å². The highest BCUT2D eigenvalue weighted by atomic mass is 19.1. The average Bonchev–Trinajstić information content (AvgIpc) is 2.21. The molecule has 0 bridgehead atoms. The normalized spacial score (nSPS) is 26.0. The van der Waals surface area contributed by atoms with Gasteiger partial charge in [0.15, 0.2) is 0 Å². The van der Waals surface area contributed by atoms with Gasteiger partial charge in [0.2, 0.25) is 0 Å². The van der Waals surface area contributed by atoms with E-state index in [0.717, 1.165) is 13.1 Å². The second kappa shape index (κ2) is 5.06. The second-order valence-electron chi connectivity index (χ2n) is 4.80. The minimum absolute atomic E-state index is 0.204. The van der Waals surface area contributed by atoms with Gasteiger partial charge >= 0.3 is 0 Å². The summed E-state index contributed by atoms with van der Waals surface area (Å²) in [6.07, 6.45) is 0.204. The Labute approximate surface area is 102 Å². The number of anilines is 1. The fourth-order valence-corrected chi connectivity index (χ4v) is 2.35. The standard InChI is InChI=1S/C12H18BFN2O/c1-8-5-16(7-12(13)17-8)6-9-2-3-10(15)4-11(9)14/h2-4,8,12H,5-7,13,15H2,1H3/t8-,12+/m0/s1. The number of ether oxygens (including phenoxy) is 1. The Bertz CT molecular complexity index is 392. The van der Waals surface area contributed by atoms with E-state index in [2.05, 4.69) is 4.90 Å². The molecule has 1 aromatic rings. The molecule has 0 unspecified atom stereocenters. The summed E-state index contributed by atoms with van der Waals surface area (Å²) in [7, 11) is 2.04. The third-order valence-electron chi connectivity index (χ3n) is 2.97. The summed E-state index contributed by atoms with van der Waals surface area (Å²) in [5.74, 6) is -0.225. The number of rotatable bonds is 2. The van der Waals surface area contributed by atoms with Gasteiger partial charge in [-0.3, -0.25) is 4.90 Å². The topological polar surface area (TPSA) is 38.5 Å². The summed E-state index contributed by atoms with van der Waals surface area (Å²) >= 11 is 0. The van der Waals surface area contributed by atoms with E-state index in [1.54, 1.807) is 12.1 Å². The van der Waals surface area contributed by atoms with Crippen LogP contribution in [0, 0.1) is 5.82 Å². The minimum atomic E-state index is -0.225. The summed E-state index contributed by atoms with van der Waals surface area (Å²) in [5, 5.41) is 0. The summed E-state index contributed by atoms with van der Waals surface area (Å²) in [6, 6.07) is 5.08. The van der Waals surface area contributed by atoms with Crippen molar-refractivity contribution in [1.29, 1.82) is 0 Å². The predicted molar refractivity (Wildman–Crippen MR) is 69.0 cm³/mol. The highest BCUT2D eigenvalue weighted by Crippen LogP contribution is 2.17. The minimum Gasteiger partial charge on any atom is -0.399 e. The van der Waals surface area contributed by atoms with E-state index >= 15 is 0 Å². The van der Waals surface area contributed by atoms with Crippen LogP contribution in [0.2, 0.25) is 0 Å². The maximum Gasteiger partial charge on any atom is 0.140 e. The van der Waals surface area contributed by atoms with Crippen LogP contribution in [-0.4, -0.2) is 37.9 Å². The molecular formula is C12H18BFN2O. The maximum atomic E-state index is 13.7. The molecule has 0 aliphatic carbocycles. The third-order valence-corrected chi connectivity index (χ3v) is 2.97. The summed E-state index contributed by atoms with van der Waals surface area (Å²) in [5.41, 5.74) is 6.69. The molecule has 0 radical (unpaired) electrons. The number of benzene rings is 1. The Morgan fingerprint density at radius 1 is 1.53 bits per heavy atom. The van der Waals surface area contributed by atoms with E-state index < -0.39 is 0 Å². The molecular weight excluding hydrogens is 218 g/mol. The Morgan fingerprint density at radius 2 is 2.29 bits per heavy atom. The molecule has 5 heteroatoms. The molecule has 0 amide bonds. The van der Waals surface area contributed by atoms with Crippen LogP contribution in [0.4, 0.5) is 10.1 Å². The number of nitrogen functional groups attached to an aromatic ring is 1. The number of halogens is 1. The van der Waals surface area contributed by atoms with Crippen LogP contribution in [0.5, 0.6) is 0 Å². The van der Waals surface area contributed by atoms with E-state index in [-0.39, 0.29) is 17.9 Å². The number of nitrogens with two attached hydrogens (primary N) is 1. The molecule has 1 aliphatic heterocycles. The lowest BCUT2D eigenvalue weighted by Gasteiger charge is -2.35. The zero-order valence-corrected chi connectivity index (χ0v) is 10.3.